The Morgan fingerprint density at radius 3 is 2.78 bits per heavy atom. The summed E-state index contributed by atoms with van der Waals surface area (Å²) in [6, 6.07) is 7.13. The van der Waals surface area contributed by atoms with Gasteiger partial charge in [0, 0.05) is 30.2 Å². The molecule has 27 heavy (non-hydrogen) atoms. The van der Waals surface area contributed by atoms with Crippen molar-refractivity contribution < 1.29 is 13.9 Å². The van der Waals surface area contributed by atoms with Crippen LogP contribution in [0.3, 0.4) is 0 Å². The van der Waals surface area contributed by atoms with E-state index in [9.17, 15) is 4.79 Å². The van der Waals surface area contributed by atoms with Crippen LogP contribution in [0.1, 0.15) is 44.8 Å². The third kappa shape index (κ3) is 4.06. The van der Waals surface area contributed by atoms with E-state index in [4.69, 9.17) is 9.15 Å². The van der Waals surface area contributed by atoms with E-state index in [1.807, 2.05) is 32.9 Å². The molecule has 7 nitrogen and oxygen atoms in total. The molecule has 0 bridgehead atoms. The molecule has 1 aromatic carbocycles. The third-order valence-corrected chi connectivity index (χ3v) is 5.55. The van der Waals surface area contributed by atoms with Crippen LogP contribution in [0, 0.1) is 13.8 Å². The molecule has 3 aromatic rings. The van der Waals surface area contributed by atoms with E-state index in [1.165, 1.54) is 0 Å². The normalized spacial score (nSPS) is 12.2. The van der Waals surface area contributed by atoms with Gasteiger partial charge in [-0.25, -0.2) is 4.98 Å². The molecule has 0 fully saturated rings. The Kier molecular flexibility index (Phi) is 5.67. The number of aromatic nitrogens is 3. The van der Waals surface area contributed by atoms with Gasteiger partial charge in [-0.3, -0.25) is 4.79 Å². The third-order valence-electron chi connectivity index (χ3n) is 4.31. The van der Waals surface area contributed by atoms with Gasteiger partial charge in [0.2, 0.25) is 11.8 Å². The Balaban J connectivity index is 1.83. The van der Waals surface area contributed by atoms with Crippen LogP contribution >= 0.6 is 11.3 Å². The van der Waals surface area contributed by atoms with Crippen molar-refractivity contribution in [1.29, 1.82) is 0 Å². The maximum atomic E-state index is 13.0. The lowest BCUT2D eigenvalue weighted by atomic mass is 10.1. The van der Waals surface area contributed by atoms with Crippen molar-refractivity contribution >= 4 is 17.2 Å². The molecule has 0 N–H and O–H groups in total. The zero-order valence-corrected chi connectivity index (χ0v) is 16.8. The highest BCUT2D eigenvalue weighted by atomic mass is 32.1. The minimum atomic E-state index is -0.0774. The molecule has 1 amide bonds. The van der Waals surface area contributed by atoms with Crippen LogP contribution in [-0.4, -0.2) is 40.1 Å². The summed E-state index contributed by atoms with van der Waals surface area (Å²) in [5.74, 6) is 0.679. The number of methoxy groups -OCH3 is 1. The van der Waals surface area contributed by atoms with E-state index in [1.54, 1.807) is 42.5 Å². The van der Waals surface area contributed by atoms with E-state index in [-0.39, 0.29) is 18.6 Å². The van der Waals surface area contributed by atoms with Crippen molar-refractivity contribution in [2.45, 2.75) is 33.4 Å². The zero-order valence-electron chi connectivity index (χ0n) is 16.0. The molecule has 0 aliphatic heterocycles. The number of ether oxygens (including phenoxy) is 1. The van der Waals surface area contributed by atoms with Gasteiger partial charge in [-0.1, -0.05) is 6.07 Å². The van der Waals surface area contributed by atoms with Gasteiger partial charge in [0.1, 0.15) is 6.61 Å². The number of hydrogen-bond donors (Lipinski definition) is 0. The predicted octanol–water partition coefficient (Wildman–Crippen LogP) is 3.79. The first kappa shape index (κ1) is 19.2. The summed E-state index contributed by atoms with van der Waals surface area (Å²) < 4.78 is 10.6. The Bertz CT molecular complexity index is 950. The fourth-order valence-corrected chi connectivity index (χ4v) is 3.85. The van der Waals surface area contributed by atoms with Gasteiger partial charge in [-0.2, -0.15) is 0 Å². The predicted molar refractivity (Wildman–Crippen MR) is 103 cm³/mol. The summed E-state index contributed by atoms with van der Waals surface area (Å²) in [5, 5.41) is 8.95. The van der Waals surface area contributed by atoms with Crippen LogP contribution in [0.5, 0.6) is 0 Å². The fourth-order valence-electron chi connectivity index (χ4n) is 2.83. The second-order valence-electron chi connectivity index (χ2n) is 6.29. The van der Waals surface area contributed by atoms with Gasteiger partial charge in [0.15, 0.2) is 0 Å². The van der Waals surface area contributed by atoms with E-state index >= 15 is 0 Å². The van der Waals surface area contributed by atoms with Crippen LogP contribution in [0.4, 0.5) is 0 Å². The molecule has 0 aliphatic carbocycles. The van der Waals surface area contributed by atoms with Gasteiger partial charge >= 0.3 is 0 Å². The summed E-state index contributed by atoms with van der Waals surface area (Å²) in [6.45, 7) is 6.21. The quantitative estimate of drug-likeness (QED) is 0.641. The molecule has 0 spiro atoms. The maximum Gasteiger partial charge on any atom is 0.254 e. The molecule has 0 radical (unpaired) electrons. The van der Waals surface area contributed by atoms with E-state index in [2.05, 4.69) is 15.2 Å². The van der Waals surface area contributed by atoms with E-state index in [0.717, 1.165) is 15.6 Å². The van der Waals surface area contributed by atoms with Gasteiger partial charge in [0.05, 0.1) is 16.7 Å². The number of carbonyl (C=O) groups excluding carboxylic acids is 1. The van der Waals surface area contributed by atoms with Gasteiger partial charge in [0.25, 0.3) is 5.91 Å². The lowest BCUT2D eigenvalue weighted by molar-refractivity contribution is 0.0744. The monoisotopic (exact) mass is 386 g/mol. The number of amides is 1. The summed E-state index contributed by atoms with van der Waals surface area (Å²) in [4.78, 5) is 20.3. The highest BCUT2D eigenvalue weighted by Gasteiger charge is 2.23. The molecule has 0 unspecified atom stereocenters. The minimum absolute atomic E-state index is 0.0657. The smallest absolute Gasteiger partial charge is 0.254 e. The Labute approximate surface area is 162 Å². The van der Waals surface area contributed by atoms with Crippen LogP contribution in [0.15, 0.2) is 28.7 Å². The average molecular weight is 386 g/mol. The molecule has 2 heterocycles. The number of nitrogens with zero attached hydrogens (tertiary/aromatic N) is 4. The van der Waals surface area contributed by atoms with Crippen molar-refractivity contribution in [3.63, 3.8) is 0 Å². The molecule has 142 valence electrons. The molecule has 2 aromatic heterocycles. The number of thiazole rings is 1. The topological polar surface area (TPSA) is 81.4 Å². The molecule has 3 rings (SSSR count). The van der Waals surface area contributed by atoms with Crippen LogP contribution in [0.2, 0.25) is 0 Å². The zero-order chi connectivity index (χ0) is 19.6. The van der Waals surface area contributed by atoms with Crippen molar-refractivity contribution in [3.05, 3.63) is 51.3 Å². The first-order valence-corrected chi connectivity index (χ1v) is 9.35. The molecular weight excluding hydrogens is 364 g/mol. The Morgan fingerprint density at radius 1 is 1.33 bits per heavy atom. The largest absolute Gasteiger partial charge is 0.418 e. The lowest BCUT2D eigenvalue weighted by Crippen LogP contribution is -2.29. The molecule has 0 saturated heterocycles. The Hall–Kier alpha value is -2.58. The van der Waals surface area contributed by atoms with Gasteiger partial charge in [-0.15, -0.1) is 21.5 Å². The molecule has 0 saturated carbocycles. The van der Waals surface area contributed by atoms with Crippen molar-refractivity contribution in [2.75, 3.05) is 14.2 Å². The van der Waals surface area contributed by atoms with Crippen LogP contribution in [0.25, 0.3) is 11.5 Å². The molecular formula is C19H22N4O3S. The number of carbonyl (C=O) groups is 1. The number of rotatable bonds is 6. The lowest BCUT2D eigenvalue weighted by Gasteiger charge is -2.24. The van der Waals surface area contributed by atoms with Crippen LogP contribution < -0.4 is 0 Å². The number of hydrogen-bond acceptors (Lipinski definition) is 7. The standard InChI is InChI=1S/C19H22N4O3S/c1-11-17(27-13(3)20-11)12(2)23(4)19(24)15-8-6-7-14(9-15)18-22-21-16(26-18)10-25-5/h6-9,12H,10H2,1-5H3/t12-/m1/s1. The summed E-state index contributed by atoms with van der Waals surface area (Å²) in [5.41, 5.74) is 2.23. The van der Waals surface area contributed by atoms with E-state index < -0.39 is 0 Å². The molecule has 8 heteroatoms. The summed E-state index contributed by atoms with van der Waals surface area (Å²) >= 11 is 1.62. The SMILES string of the molecule is COCc1nnc(-c2cccc(C(=O)N(C)[C@H](C)c3sc(C)nc3C)c2)o1. The first-order chi connectivity index (χ1) is 12.9. The first-order valence-electron chi connectivity index (χ1n) is 8.53. The number of aryl methyl sites for hydroxylation is 2. The second kappa shape index (κ2) is 7.98. The van der Waals surface area contributed by atoms with Crippen LogP contribution in [-0.2, 0) is 11.3 Å². The van der Waals surface area contributed by atoms with Crippen molar-refractivity contribution in [2.24, 2.45) is 0 Å². The fraction of sp³-hybridized carbons (Fsp3) is 0.368. The molecule has 0 aliphatic rings. The van der Waals surface area contributed by atoms with Crippen molar-refractivity contribution in [1.82, 2.24) is 20.1 Å². The van der Waals surface area contributed by atoms with Gasteiger partial charge < -0.3 is 14.1 Å². The highest BCUT2D eigenvalue weighted by Crippen LogP contribution is 2.29. The Morgan fingerprint density at radius 2 is 2.11 bits per heavy atom. The average Bonchev–Trinajstić information content (AvgIpc) is 3.26. The van der Waals surface area contributed by atoms with Crippen molar-refractivity contribution in [3.8, 4) is 11.5 Å². The maximum absolute atomic E-state index is 13.0. The highest BCUT2D eigenvalue weighted by molar-refractivity contribution is 7.11. The summed E-state index contributed by atoms with van der Waals surface area (Å²) in [7, 11) is 3.37. The summed E-state index contributed by atoms with van der Waals surface area (Å²) in [6.07, 6.45) is 0. The minimum Gasteiger partial charge on any atom is -0.418 e. The van der Waals surface area contributed by atoms with Gasteiger partial charge in [-0.05, 0) is 39.0 Å². The van der Waals surface area contributed by atoms with E-state index in [0.29, 0.717) is 22.9 Å². The molecule has 1 atom stereocenters. The second-order valence-corrected chi connectivity index (χ2v) is 7.52. The number of benzene rings is 1.